The summed E-state index contributed by atoms with van der Waals surface area (Å²) in [4.78, 5) is 133. The number of fused-ring (bicyclic) bond motifs is 8. The van der Waals surface area contributed by atoms with Crippen LogP contribution in [0.5, 0.6) is 23.0 Å². The normalized spacial score (nSPS) is 17.6. The van der Waals surface area contributed by atoms with E-state index in [1.165, 1.54) is 33.3 Å². The van der Waals surface area contributed by atoms with Gasteiger partial charge in [0.2, 0.25) is 35.4 Å². The molecule has 1 aliphatic carbocycles. The van der Waals surface area contributed by atoms with Crippen LogP contribution >= 0.6 is 0 Å². The van der Waals surface area contributed by atoms with Crippen molar-refractivity contribution in [2.45, 2.75) is 122 Å². The molecular formula is C76H80N10O15. The fourth-order valence-electron chi connectivity index (χ4n) is 13.3. The van der Waals surface area contributed by atoms with Crippen molar-refractivity contribution in [1.82, 2.24) is 26.2 Å². The van der Waals surface area contributed by atoms with Gasteiger partial charge in [0.05, 0.1) is 87.3 Å². The lowest BCUT2D eigenvalue weighted by molar-refractivity contribution is -0.132. The van der Waals surface area contributed by atoms with Crippen LogP contribution in [-0.2, 0) is 53.1 Å². The minimum Gasteiger partial charge on any atom is -0.493 e. The third-order valence-corrected chi connectivity index (χ3v) is 19.0. The van der Waals surface area contributed by atoms with E-state index in [1.807, 2.05) is 72.9 Å². The lowest BCUT2D eigenvalue weighted by atomic mass is 10.0. The van der Waals surface area contributed by atoms with Crippen molar-refractivity contribution in [1.29, 1.82) is 0 Å². The number of para-hydroxylation sites is 2. The molecular weight excluding hydrogens is 1290 g/mol. The number of unbranched alkanes of at least 4 members (excludes halogenated alkanes) is 2. The molecule has 25 nitrogen and oxygen atoms in total. The number of nitrogens with zero attached hydrogens (tertiary/aromatic N) is 5. The van der Waals surface area contributed by atoms with E-state index in [2.05, 4.69) is 38.4 Å². The summed E-state index contributed by atoms with van der Waals surface area (Å²) in [5, 5.41) is 25.1. The number of carbonyl (C=O) groups excluding carboxylic acids is 9. The Bertz CT molecular complexity index is 4330. The van der Waals surface area contributed by atoms with Crippen LogP contribution in [0.3, 0.4) is 0 Å². The molecule has 0 radical (unpaired) electrons. The minimum atomic E-state index is -1.48. The molecule has 6 aromatic rings. The summed E-state index contributed by atoms with van der Waals surface area (Å²) in [6.07, 6.45) is 3.96. The van der Waals surface area contributed by atoms with Crippen LogP contribution in [0.2, 0.25) is 0 Å². The van der Waals surface area contributed by atoms with E-state index in [0.29, 0.717) is 90.5 Å². The van der Waals surface area contributed by atoms with Gasteiger partial charge in [0.15, 0.2) is 29.2 Å². The standard InChI is InChI=1S/C76H80N10O15/c1-45(2)69(82-67(89)41-79-66(88)40-78-65(87)27-28-68(90)83-42-51-18-8-7-15-48(51)23-24-49-16-9-11-19-57(49)83)71(92)80-46(3)70(91)81-52-25-21-47(22-26-52)43-101-75(96)86-59-37-64(62(98-5)35-55(59)72(93)84-44-76(29-30-76)38-60(84)74(86)95)100-32-14-6-13-31-99-63-36-56-54(34-61(63)97-4)73(94)85-53(39-77-56)33-50-17-10-12-20-58(50)85/h7-12,15-22,25-26,34-37,39,45-46,53,60,69,74,95H,6,13-14,27-33,38,40-44H2,1-5H3,(H,78,87)(H,79,88)(H,80,92)(H,81,91)(H,82,89)/t46-,53-,60-,69-,74?/m0/s1. The summed E-state index contributed by atoms with van der Waals surface area (Å²) < 4.78 is 29.8. The Labute approximate surface area is 584 Å². The van der Waals surface area contributed by atoms with Gasteiger partial charge >= 0.3 is 6.09 Å². The third-order valence-electron chi connectivity index (χ3n) is 19.0. The Morgan fingerprint density at radius 2 is 1.31 bits per heavy atom. The van der Waals surface area contributed by atoms with Crippen molar-refractivity contribution in [3.05, 3.63) is 160 Å². The Morgan fingerprint density at radius 1 is 0.663 bits per heavy atom. The number of carbonyl (C=O) groups is 9. The van der Waals surface area contributed by atoms with Crippen LogP contribution in [-0.4, -0.2) is 147 Å². The van der Waals surface area contributed by atoms with Crippen molar-refractivity contribution in [2.75, 3.05) is 67.1 Å². The molecule has 6 aromatic carbocycles. The van der Waals surface area contributed by atoms with Crippen molar-refractivity contribution >= 4 is 88.0 Å². The molecule has 101 heavy (non-hydrogen) atoms. The molecule has 1 spiro atoms. The minimum absolute atomic E-state index is 0.0880. The first-order chi connectivity index (χ1) is 48.8. The number of hydrogen-bond donors (Lipinski definition) is 6. The fourth-order valence-corrected chi connectivity index (χ4v) is 13.3. The van der Waals surface area contributed by atoms with Gasteiger partial charge in [0, 0.05) is 66.7 Å². The highest BCUT2D eigenvalue weighted by Gasteiger charge is 2.58. The molecule has 0 aromatic heterocycles. The van der Waals surface area contributed by atoms with Gasteiger partial charge in [-0.25, -0.2) is 9.69 Å². The van der Waals surface area contributed by atoms with Crippen LogP contribution in [0.15, 0.2) is 126 Å². The highest BCUT2D eigenvalue weighted by atomic mass is 16.6. The van der Waals surface area contributed by atoms with Crippen molar-refractivity contribution in [2.24, 2.45) is 16.3 Å². The van der Waals surface area contributed by atoms with Gasteiger partial charge in [0.1, 0.15) is 18.7 Å². The van der Waals surface area contributed by atoms with Crippen LogP contribution in [0.4, 0.5) is 33.2 Å². The molecule has 25 heteroatoms. The number of aliphatic hydroxyl groups is 1. The number of nitrogens with one attached hydrogen (secondary N) is 5. The predicted molar refractivity (Wildman–Crippen MR) is 374 cm³/mol. The van der Waals surface area contributed by atoms with E-state index in [-0.39, 0.29) is 84.5 Å². The first kappa shape index (κ1) is 69.6. The van der Waals surface area contributed by atoms with E-state index in [0.717, 1.165) is 40.1 Å². The van der Waals surface area contributed by atoms with Gasteiger partial charge in [-0.15, -0.1) is 0 Å². The maximum absolute atomic E-state index is 14.5. The molecule has 1 unspecified atom stereocenters. The molecule has 5 aliphatic heterocycles. The van der Waals surface area contributed by atoms with Gasteiger partial charge in [-0.1, -0.05) is 86.4 Å². The molecule has 6 aliphatic rings. The summed E-state index contributed by atoms with van der Waals surface area (Å²) in [6, 6.07) is 32.5. The summed E-state index contributed by atoms with van der Waals surface area (Å²) in [5.74, 6) is 3.26. The molecule has 0 bridgehead atoms. The number of hydrogen-bond acceptors (Lipinski definition) is 16. The number of anilines is 4. The van der Waals surface area contributed by atoms with Crippen molar-refractivity contribution in [3.8, 4) is 34.8 Å². The highest BCUT2D eigenvalue weighted by molar-refractivity contribution is 6.15. The van der Waals surface area contributed by atoms with Gasteiger partial charge < -0.3 is 65.2 Å². The zero-order chi connectivity index (χ0) is 71.1. The quantitative estimate of drug-likeness (QED) is 0.0237. The van der Waals surface area contributed by atoms with Crippen LogP contribution in [0.25, 0.3) is 0 Å². The lowest BCUT2D eigenvalue weighted by Gasteiger charge is -2.31. The fraction of sp³-hybridized carbons (Fsp3) is 0.368. The number of aliphatic imine (C=N–C) groups is 1. The van der Waals surface area contributed by atoms with Gasteiger partial charge in [-0.05, 0) is 122 Å². The SMILES string of the molecule is COc1cc2c(cc1OCCCCCOc1cc3c(cc1OC)C(=O)N1CC4(CC4)C[C@H]1C(O)N3C(=O)OCc1ccc(NC(=O)[C@H](C)NC(=O)[C@@H](NC(=O)CNC(=O)CNC(=O)CCC(=O)N3Cc4ccccc4C#Cc4ccccc43)C(C)C)cc1)N=C[C@@H]1Cc3ccccc3N1C2=O. The lowest BCUT2D eigenvalue weighted by Crippen LogP contribution is -2.55. The molecule has 1 saturated heterocycles. The van der Waals surface area contributed by atoms with Crippen LogP contribution in [0, 0.1) is 23.2 Å². The molecule has 12 rings (SSSR count). The van der Waals surface area contributed by atoms with Crippen molar-refractivity contribution in [3.63, 3.8) is 0 Å². The summed E-state index contributed by atoms with van der Waals surface area (Å²) in [7, 11) is 2.98. The molecule has 5 atom stereocenters. The van der Waals surface area contributed by atoms with Crippen molar-refractivity contribution < 1.29 is 71.9 Å². The van der Waals surface area contributed by atoms with E-state index in [9.17, 15) is 48.3 Å². The van der Waals surface area contributed by atoms with Gasteiger partial charge in [-0.3, -0.25) is 48.2 Å². The molecule has 1 saturated carbocycles. The Morgan fingerprint density at radius 3 is 2.02 bits per heavy atom. The number of ether oxygens (including phenoxy) is 5. The topological polar surface area (TPSA) is 305 Å². The molecule has 5 heterocycles. The maximum atomic E-state index is 14.5. The monoisotopic (exact) mass is 1370 g/mol. The number of rotatable bonds is 25. The number of benzene rings is 6. The van der Waals surface area contributed by atoms with E-state index >= 15 is 0 Å². The summed E-state index contributed by atoms with van der Waals surface area (Å²) >= 11 is 0. The van der Waals surface area contributed by atoms with Gasteiger partial charge in [0.25, 0.3) is 11.8 Å². The second-order valence-electron chi connectivity index (χ2n) is 26.4. The number of methoxy groups -OCH3 is 2. The highest BCUT2D eigenvalue weighted by Crippen LogP contribution is 2.57. The molecule has 9 amide bonds. The number of amides is 9. The van der Waals surface area contributed by atoms with E-state index in [4.69, 9.17) is 28.7 Å². The molecule has 2 fully saturated rings. The Balaban J connectivity index is 0.593. The zero-order valence-electron chi connectivity index (χ0n) is 56.8. The number of aliphatic hydroxyl groups excluding tert-OH is 1. The third kappa shape index (κ3) is 15.6. The van der Waals surface area contributed by atoms with E-state index < -0.39 is 79.0 Å². The van der Waals surface area contributed by atoms with Gasteiger partial charge in [-0.2, -0.15) is 0 Å². The van der Waals surface area contributed by atoms with E-state index in [1.54, 1.807) is 71.0 Å². The smallest absolute Gasteiger partial charge is 0.416 e. The second kappa shape index (κ2) is 30.5. The Kier molecular flexibility index (Phi) is 21.0. The summed E-state index contributed by atoms with van der Waals surface area (Å²) in [6.45, 7) is 4.86. The zero-order valence-corrected chi connectivity index (χ0v) is 56.8. The molecule has 524 valence electrons. The maximum Gasteiger partial charge on any atom is 0.416 e. The predicted octanol–water partition coefficient (Wildman–Crippen LogP) is 7.63. The largest absolute Gasteiger partial charge is 0.493 e. The van der Waals surface area contributed by atoms with Crippen LogP contribution < -0.4 is 60.2 Å². The average molecular weight is 1370 g/mol. The second-order valence-corrected chi connectivity index (χ2v) is 26.4. The van der Waals surface area contributed by atoms with Crippen LogP contribution in [0.1, 0.15) is 121 Å². The molecule has 6 N–H and O–H groups in total. The average Bonchev–Trinajstić information content (AvgIpc) is 1.57. The first-order valence-corrected chi connectivity index (χ1v) is 33.9. The Hall–Kier alpha value is -11.3. The first-order valence-electron chi connectivity index (χ1n) is 33.9. The summed E-state index contributed by atoms with van der Waals surface area (Å²) in [5.41, 5.74) is 6.81.